The second-order valence-electron chi connectivity index (χ2n) is 19.2. The third-order valence-electron chi connectivity index (χ3n) is 15.4. The van der Waals surface area contributed by atoms with Crippen LogP contribution in [0, 0.1) is 0 Å². The predicted octanol–water partition coefficient (Wildman–Crippen LogP) is 17.0. The molecule has 0 unspecified atom stereocenters. The maximum atomic E-state index is 18.5. The van der Waals surface area contributed by atoms with Crippen molar-refractivity contribution in [3.63, 3.8) is 0 Å². The van der Waals surface area contributed by atoms with Crippen molar-refractivity contribution >= 4 is 109 Å². The fourth-order valence-electron chi connectivity index (χ4n) is 12.6. The fourth-order valence-corrected chi connectivity index (χ4v) is 12.6. The largest absolute Gasteiger partial charge is 0.420 e. The van der Waals surface area contributed by atoms with Crippen molar-refractivity contribution in [3.8, 4) is 28.4 Å². The molecule has 16 rings (SSSR count). The summed E-state index contributed by atoms with van der Waals surface area (Å²) in [6.45, 7) is 0. The average molecular weight is 974 g/mol. The molecule has 7 aromatic heterocycles. The van der Waals surface area contributed by atoms with E-state index in [1.165, 1.54) is 0 Å². The third-order valence-corrected chi connectivity index (χ3v) is 15.4. The number of pyridine rings is 2. The number of nitrogens with zero attached hydrogens (tertiary/aromatic N) is 7. The quantitative estimate of drug-likeness (QED) is 0.173. The van der Waals surface area contributed by atoms with Crippen LogP contribution >= 0.6 is 0 Å². The number of para-hydroxylation sites is 8. The van der Waals surface area contributed by atoms with Gasteiger partial charge in [0.05, 0.1) is 94.6 Å². The van der Waals surface area contributed by atoms with Crippen LogP contribution in [-0.2, 0) is 6.18 Å². The van der Waals surface area contributed by atoms with Gasteiger partial charge in [-0.3, -0.25) is 9.97 Å². The van der Waals surface area contributed by atoms with Crippen molar-refractivity contribution in [1.29, 1.82) is 0 Å². The van der Waals surface area contributed by atoms with Crippen molar-refractivity contribution in [3.05, 3.63) is 236 Å². The second kappa shape index (κ2) is 15.3. The zero-order valence-electron chi connectivity index (χ0n) is 39.7. The first kappa shape index (κ1) is 41.7. The van der Waals surface area contributed by atoms with Gasteiger partial charge in [-0.1, -0.05) is 146 Å². The number of hydrogen-bond donors (Lipinski definition) is 0. The second-order valence-corrected chi connectivity index (χ2v) is 19.2. The number of aromatic nitrogens is 7. The Morgan fingerprint density at radius 1 is 0.240 bits per heavy atom. The molecule has 0 atom stereocenters. The van der Waals surface area contributed by atoms with Crippen LogP contribution in [0.1, 0.15) is 5.56 Å². The number of hydrogen-bond acceptors (Lipinski definition) is 2. The highest BCUT2D eigenvalue weighted by Crippen LogP contribution is 2.54. The van der Waals surface area contributed by atoms with E-state index in [1.54, 1.807) is 12.4 Å². The lowest BCUT2D eigenvalue weighted by Gasteiger charge is -2.32. The van der Waals surface area contributed by atoms with Crippen LogP contribution in [0.4, 0.5) is 13.2 Å². The summed E-state index contributed by atoms with van der Waals surface area (Å²) >= 11 is 0. The molecule has 10 heteroatoms. The van der Waals surface area contributed by atoms with Gasteiger partial charge < -0.3 is 22.8 Å². The summed E-state index contributed by atoms with van der Waals surface area (Å²) in [5.41, 5.74) is 8.41. The van der Waals surface area contributed by atoms with Crippen LogP contribution in [0.15, 0.2) is 231 Å². The minimum atomic E-state index is -5.03. The highest BCUT2D eigenvalue weighted by molar-refractivity contribution is 6.17. The zero-order chi connectivity index (χ0) is 49.7. The van der Waals surface area contributed by atoms with Gasteiger partial charge in [-0.2, -0.15) is 13.2 Å². The first-order valence-corrected chi connectivity index (χ1v) is 24.9. The highest BCUT2D eigenvalue weighted by atomic mass is 19.4. The molecule has 354 valence electrons. The van der Waals surface area contributed by atoms with E-state index in [0.29, 0.717) is 72.2 Å². The molecule has 0 N–H and O–H groups in total. The van der Waals surface area contributed by atoms with Crippen LogP contribution in [0.5, 0.6) is 0 Å². The van der Waals surface area contributed by atoms with Crippen LogP contribution in [0.2, 0.25) is 0 Å². The van der Waals surface area contributed by atoms with Crippen LogP contribution < -0.4 is 0 Å². The average Bonchev–Trinajstić information content (AvgIpc) is 4.39. The lowest BCUT2D eigenvalue weighted by Crippen LogP contribution is -2.23. The molecule has 0 fully saturated rings. The molecular weight excluding hydrogens is 936 g/mol. The van der Waals surface area contributed by atoms with Crippen molar-refractivity contribution in [1.82, 2.24) is 32.8 Å². The summed E-state index contributed by atoms with van der Waals surface area (Å²) in [7, 11) is 0. The van der Waals surface area contributed by atoms with Gasteiger partial charge in [0.15, 0.2) is 0 Å². The Bertz CT molecular complexity index is 4560. The Balaban J connectivity index is 1.33. The Labute approximate surface area is 424 Å². The van der Waals surface area contributed by atoms with Gasteiger partial charge in [0, 0.05) is 55.5 Å². The summed E-state index contributed by atoms with van der Waals surface area (Å²) in [6.07, 6.45) is -1.52. The summed E-state index contributed by atoms with van der Waals surface area (Å²) in [4.78, 5) is 10.0. The van der Waals surface area contributed by atoms with E-state index in [0.717, 1.165) is 54.1 Å². The fraction of sp³-hybridized carbons (Fsp3) is 0.0154. The van der Waals surface area contributed by atoms with Crippen molar-refractivity contribution in [2.45, 2.75) is 6.18 Å². The molecule has 16 aromatic rings. The van der Waals surface area contributed by atoms with E-state index in [1.807, 2.05) is 203 Å². The van der Waals surface area contributed by atoms with Gasteiger partial charge in [0.1, 0.15) is 5.56 Å². The summed E-state index contributed by atoms with van der Waals surface area (Å²) in [5.74, 6) is 0. The Kier molecular flexibility index (Phi) is 8.50. The van der Waals surface area contributed by atoms with Gasteiger partial charge in [-0.05, 0) is 72.8 Å². The SMILES string of the molecule is FC(F)(F)c1c(-n2c3ccccc3c3ccccc32)c(-n2c3ccccc3c3ncccc32)c(-n2c3ccccc3c3ccccc32)c(-n2c3ccccc3c3ncccc32)c1-n1c2ccccc2c2ccccc21. The lowest BCUT2D eigenvalue weighted by atomic mass is 9.99. The zero-order valence-corrected chi connectivity index (χ0v) is 39.7. The topological polar surface area (TPSA) is 50.4 Å². The smallest absolute Gasteiger partial charge is 0.306 e. The first-order valence-electron chi connectivity index (χ1n) is 24.9. The summed E-state index contributed by atoms with van der Waals surface area (Å²) in [5, 5.41) is 6.81. The number of alkyl halides is 3. The van der Waals surface area contributed by atoms with E-state index < -0.39 is 11.7 Å². The van der Waals surface area contributed by atoms with Crippen LogP contribution in [0.25, 0.3) is 138 Å². The maximum Gasteiger partial charge on any atom is 0.420 e. The van der Waals surface area contributed by atoms with Crippen molar-refractivity contribution < 1.29 is 13.2 Å². The summed E-state index contributed by atoms with van der Waals surface area (Å²) in [6, 6.07) is 71.3. The molecule has 75 heavy (non-hydrogen) atoms. The molecule has 9 aromatic carbocycles. The van der Waals surface area contributed by atoms with Gasteiger partial charge in [0.2, 0.25) is 0 Å². The Morgan fingerprint density at radius 3 is 0.747 bits per heavy atom. The maximum absolute atomic E-state index is 18.5. The summed E-state index contributed by atoms with van der Waals surface area (Å²) < 4.78 is 65.6. The Hall–Kier alpha value is -9.93. The monoisotopic (exact) mass is 973 g/mol. The molecule has 0 amide bonds. The molecule has 0 spiro atoms. The van der Waals surface area contributed by atoms with Gasteiger partial charge in [0.25, 0.3) is 0 Å². The number of halogens is 3. The molecule has 0 aliphatic heterocycles. The van der Waals surface area contributed by atoms with Crippen molar-refractivity contribution in [2.75, 3.05) is 0 Å². The number of fused-ring (bicyclic) bond motifs is 15. The molecule has 0 radical (unpaired) electrons. The first-order chi connectivity index (χ1) is 37.0. The van der Waals surface area contributed by atoms with Gasteiger partial charge in [-0.15, -0.1) is 0 Å². The number of benzene rings is 9. The van der Waals surface area contributed by atoms with Crippen LogP contribution in [0.3, 0.4) is 0 Å². The van der Waals surface area contributed by atoms with Crippen LogP contribution in [-0.4, -0.2) is 32.8 Å². The third kappa shape index (κ3) is 5.59. The van der Waals surface area contributed by atoms with E-state index in [-0.39, 0.29) is 11.4 Å². The van der Waals surface area contributed by atoms with E-state index >= 15 is 13.2 Å². The van der Waals surface area contributed by atoms with Gasteiger partial charge in [-0.25, -0.2) is 0 Å². The Morgan fingerprint density at radius 2 is 0.453 bits per heavy atom. The molecule has 0 bridgehead atoms. The standard InChI is InChI=1S/C65H38F3N7/c66-65(67,68)57-60(71-47-27-9-1-19-39(47)40-20-2-10-28-48(40)71)62(74-53-33-15-7-25-45(53)58-55(74)35-17-37-69-58)64(73-51-31-13-5-23-43(51)44-24-6-14-32-52(44)73)63(75-54-34-16-8-26-46(54)59-56(75)36-18-38-70-59)61(57)72-49-29-11-3-21-41(49)42-22-4-12-30-50(42)72/h1-38H. The van der Waals surface area contributed by atoms with Gasteiger partial charge >= 0.3 is 6.18 Å². The van der Waals surface area contributed by atoms with Crippen molar-refractivity contribution in [2.24, 2.45) is 0 Å². The molecule has 0 aliphatic rings. The molecule has 7 nitrogen and oxygen atoms in total. The number of rotatable bonds is 5. The highest BCUT2D eigenvalue weighted by Gasteiger charge is 2.45. The normalized spacial score (nSPS) is 12.5. The predicted molar refractivity (Wildman–Crippen MR) is 299 cm³/mol. The minimum Gasteiger partial charge on any atom is -0.306 e. The molecule has 0 saturated carbocycles. The molecule has 0 aliphatic carbocycles. The molecule has 0 saturated heterocycles. The minimum absolute atomic E-state index is 0.0391. The lowest BCUT2D eigenvalue weighted by molar-refractivity contribution is -0.137. The molecule has 7 heterocycles. The van der Waals surface area contributed by atoms with E-state index in [9.17, 15) is 0 Å². The van der Waals surface area contributed by atoms with E-state index in [2.05, 4.69) is 38.0 Å². The molecular formula is C65H38F3N7. The van der Waals surface area contributed by atoms with E-state index in [4.69, 9.17) is 9.97 Å².